The van der Waals surface area contributed by atoms with Crippen molar-refractivity contribution in [2.75, 3.05) is 7.11 Å². The minimum absolute atomic E-state index is 0.320. The van der Waals surface area contributed by atoms with Crippen molar-refractivity contribution in [3.8, 4) is 11.5 Å². The molecule has 5 nitrogen and oxygen atoms in total. The molecule has 0 saturated heterocycles. The van der Waals surface area contributed by atoms with E-state index in [2.05, 4.69) is 10.5 Å². The fraction of sp³-hybridized carbons (Fsp3) is 0.222. The van der Waals surface area contributed by atoms with Crippen molar-refractivity contribution in [1.29, 1.82) is 0 Å². The van der Waals surface area contributed by atoms with Crippen LogP contribution in [0, 0.1) is 6.92 Å². The fourth-order valence-electron chi connectivity index (χ4n) is 1.96. The number of hydrogen-bond donors (Lipinski definition) is 1. The molecule has 0 saturated carbocycles. The van der Waals surface area contributed by atoms with E-state index in [0.29, 0.717) is 11.5 Å². The first-order chi connectivity index (χ1) is 11.1. The number of nitrogens with one attached hydrogen (secondary N) is 1. The number of benzene rings is 2. The Balaban J connectivity index is 1.94. The molecule has 1 amide bonds. The monoisotopic (exact) mass is 312 g/mol. The first kappa shape index (κ1) is 16.5. The van der Waals surface area contributed by atoms with Crippen LogP contribution in [0.25, 0.3) is 0 Å². The SMILES string of the molecule is COc1ccccc1/C=N/NC(=O)[C@H](C)Oc1ccccc1C. The van der Waals surface area contributed by atoms with Crippen molar-refractivity contribution in [3.63, 3.8) is 0 Å². The molecule has 0 aliphatic carbocycles. The molecule has 0 fully saturated rings. The normalized spacial score (nSPS) is 12.0. The highest BCUT2D eigenvalue weighted by atomic mass is 16.5. The Morgan fingerprint density at radius 1 is 1.13 bits per heavy atom. The van der Waals surface area contributed by atoms with E-state index in [1.807, 2.05) is 55.5 Å². The van der Waals surface area contributed by atoms with Gasteiger partial charge in [-0.1, -0.05) is 30.3 Å². The van der Waals surface area contributed by atoms with Gasteiger partial charge in [-0.05, 0) is 37.6 Å². The lowest BCUT2D eigenvalue weighted by molar-refractivity contribution is -0.127. The molecule has 0 unspecified atom stereocenters. The number of amides is 1. The van der Waals surface area contributed by atoms with Crippen molar-refractivity contribution in [1.82, 2.24) is 5.43 Å². The predicted octanol–water partition coefficient (Wildman–Crippen LogP) is 2.92. The second-order valence-corrected chi connectivity index (χ2v) is 5.00. The number of ether oxygens (including phenoxy) is 2. The first-order valence-electron chi connectivity index (χ1n) is 7.30. The molecule has 0 aromatic heterocycles. The van der Waals surface area contributed by atoms with E-state index in [1.165, 1.54) is 6.21 Å². The zero-order chi connectivity index (χ0) is 16.7. The first-order valence-corrected chi connectivity index (χ1v) is 7.30. The molecular formula is C18H20N2O3. The predicted molar refractivity (Wildman–Crippen MR) is 90.0 cm³/mol. The van der Waals surface area contributed by atoms with Gasteiger partial charge in [-0.25, -0.2) is 5.43 Å². The largest absolute Gasteiger partial charge is 0.496 e. The Morgan fingerprint density at radius 2 is 1.78 bits per heavy atom. The summed E-state index contributed by atoms with van der Waals surface area (Å²) in [5.74, 6) is 1.05. The van der Waals surface area contributed by atoms with Gasteiger partial charge in [0, 0.05) is 5.56 Å². The molecule has 1 N–H and O–H groups in total. The van der Waals surface area contributed by atoms with Crippen LogP contribution in [-0.4, -0.2) is 25.3 Å². The molecule has 2 aromatic rings. The number of hydrogen-bond acceptors (Lipinski definition) is 4. The van der Waals surface area contributed by atoms with Gasteiger partial charge in [0.15, 0.2) is 6.10 Å². The van der Waals surface area contributed by atoms with E-state index in [0.717, 1.165) is 11.1 Å². The summed E-state index contributed by atoms with van der Waals surface area (Å²) < 4.78 is 10.9. The lowest BCUT2D eigenvalue weighted by atomic mass is 10.2. The smallest absolute Gasteiger partial charge is 0.280 e. The van der Waals surface area contributed by atoms with Gasteiger partial charge in [0.1, 0.15) is 11.5 Å². The number of carbonyl (C=O) groups is 1. The summed E-state index contributed by atoms with van der Waals surface area (Å²) in [5.41, 5.74) is 4.23. The molecule has 0 aliphatic heterocycles. The van der Waals surface area contributed by atoms with Gasteiger partial charge < -0.3 is 9.47 Å². The van der Waals surface area contributed by atoms with E-state index in [1.54, 1.807) is 14.0 Å². The molecule has 1 atom stereocenters. The Kier molecular flexibility index (Phi) is 5.74. The molecule has 0 radical (unpaired) electrons. The van der Waals surface area contributed by atoms with Crippen LogP contribution in [0.4, 0.5) is 0 Å². The Labute approximate surface area is 135 Å². The van der Waals surface area contributed by atoms with Crippen molar-refractivity contribution in [2.45, 2.75) is 20.0 Å². The van der Waals surface area contributed by atoms with Gasteiger partial charge in [-0.15, -0.1) is 0 Å². The third-order valence-corrected chi connectivity index (χ3v) is 3.28. The van der Waals surface area contributed by atoms with E-state index in [-0.39, 0.29) is 5.91 Å². The van der Waals surface area contributed by atoms with Crippen molar-refractivity contribution in [3.05, 3.63) is 59.7 Å². The molecule has 5 heteroatoms. The number of methoxy groups -OCH3 is 1. The van der Waals surface area contributed by atoms with Crippen molar-refractivity contribution >= 4 is 12.1 Å². The average molecular weight is 312 g/mol. The topological polar surface area (TPSA) is 59.9 Å². The summed E-state index contributed by atoms with van der Waals surface area (Å²) >= 11 is 0. The second-order valence-electron chi connectivity index (χ2n) is 5.00. The van der Waals surface area contributed by atoms with Gasteiger partial charge >= 0.3 is 0 Å². The maximum Gasteiger partial charge on any atom is 0.280 e. The quantitative estimate of drug-likeness (QED) is 0.659. The van der Waals surface area contributed by atoms with Gasteiger partial charge in [0.2, 0.25) is 0 Å². The van der Waals surface area contributed by atoms with Gasteiger partial charge in [-0.3, -0.25) is 4.79 Å². The van der Waals surface area contributed by atoms with Gasteiger partial charge in [-0.2, -0.15) is 5.10 Å². The number of para-hydroxylation sites is 2. The number of nitrogens with zero attached hydrogens (tertiary/aromatic N) is 1. The molecule has 23 heavy (non-hydrogen) atoms. The highest BCUT2D eigenvalue weighted by Crippen LogP contribution is 2.18. The molecule has 2 aromatic carbocycles. The van der Waals surface area contributed by atoms with Gasteiger partial charge in [0.25, 0.3) is 5.91 Å². The number of rotatable bonds is 6. The van der Waals surface area contributed by atoms with Gasteiger partial charge in [0.05, 0.1) is 13.3 Å². The van der Waals surface area contributed by atoms with Crippen LogP contribution >= 0.6 is 0 Å². The summed E-state index contributed by atoms with van der Waals surface area (Å²) in [5, 5.41) is 3.95. The highest BCUT2D eigenvalue weighted by molar-refractivity contribution is 5.86. The summed E-state index contributed by atoms with van der Waals surface area (Å²) in [6.07, 6.45) is 0.892. The van der Waals surface area contributed by atoms with Crippen molar-refractivity contribution < 1.29 is 14.3 Å². The number of aryl methyl sites for hydroxylation is 1. The molecule has 120 valence electrons. The van der Waals surface area contributed by atoms with Crippen LogP contribution in [0.5, 0.6) is 11.5 Å². The standard InChI is InChI=1S/C18H20N2O3/c1-13-8-4-6-10-16(13)23-14(2)18(21)20-19-12-15-9-5-7-11-17(15)22-3/h4-12,14H,1-3H3,(H,20,21)/b19-12+/t14-/m0/s1. The van der Waals surface area contributed by atoms with Crippen LogP contribution in [-0.2, 0) is 4.79 Å². The minimum Gasteiger partial charge on any atom is -0.496 e. The van der Waals surface area contributed by atoms with E-state index in [4.69, 9.17) is 9.47 Å². The van der Waals surface area contributed by atoms with Crippen LogP contribution in [0.2, 0.25) is 0 Å². The fourth-order valence-corrected chi connectivity index (χ4v) is 1.96. The molecule has 0 spiro atoms. The van der Waals surface area contributed by atoms with Crippen LogP contribution < -0.4 is 14.9 Å². The lowest BCUT2D eigenvalue weighted by Gasteiger charge is -2.14. The summed E-state index contributed by atoms with van der Waals surface area (Å²) in [4.78, 5) is 12.0. The van der Waals surface area contributed by atoms with Crippen molar-refractivity contribution in [2.24, 2.45) is 5.10 Å². The average Bonchev–Trinajstić information content (AvgIpc) is 2.57. The third-order valence-electron chi connectivity index (χ3n) is 3.28. The number of hydrazone groups is 1. The Hall–Kier alpha value is -2.82. The highest BCUT2D eigenvalue weighted by Gasteiger charge is 2.14. The Bertz CT molecular complexity index is 698. The molecule has 2 rings (SSSR count). The summed E-state index contributed by atoms with van der Waals surface area (Å²) in [6, 6.07) is 15.0. The molecule has 0 aliphatic rings. The van der Waals surface area contributed by atoms with E-state index < -0.39 is 6.10 Å². The zero-order valence-corrected chi connectivity index (χ0v) is 13.4. The number of carbonyl (C=O) groups excluding carboxylic acids is 1. The molecule has 0 heterocycles. The van der Waals surface area contributed by atoms with E-state index >= 15 is 0 Å². The van der Waals surface area contributed by atoms with Crippen LogP contribution in [0.3, 0.4) is 0 Å². The summed E-state index contributed by atoms with van der Waals surface area (Å²) in [7, 11) is 1.59. The lowest BCUT2D eigenvalue weighted by Crippen LogP contribution is -2.33. The Morgan fingerprint density at radius 3 is 2.48 bits per heavy atom. The third kappa shape index (κ3) is 4.57. The molecule has 0 bridgehead atoms. The van der Waals surface area contributed by atoms with E-state index in [9.17, 15) is 4.79 Å². The van der Waals surface area contributed by atoms with Crippen LogP contribution in [0.15, 0.2) is 53.6 Å². The summed E-state index contributed by atoms with van der Waals surface area (Å²) in [6.45, 7) is 3.61. The minimum atomic E-state index is -0.647. The maximum absolute atomic E-state index is 12.0. The van der Waals surface area contributed by atoms with Crippen LogP contribution in [0.1, 0.15) is 18.1 Å². The zero-order valence-electron chi connectivity index (χ0n) is 13.4. The maximum atomic E-state index is 12.0. The molecular weight excluding hydrogens is 292 g/mol. The second kappa shape index (κ2) is 7.98.